The summed E-state index contributed by atoms with van der Waals surface area (Å²) in [5, 5.41) is 0. The van der Waals surface area contributed by atoms with Crippen LogP contribution < -0.4 is 4.74 Å². The van der Waals surface area contributed by atoms with Gasteiger partial charge in [-0.15, -0.1) is 0 Å². The van der Waals surface area contributed by atoms with Crippen molar-refractivity contribution in [3.05, 3.63) is 34.7 Å². The number of piperidine rings is 1. The average Bonchev–Trinajstić information content (AvgIpc) is 2.84. The number of thiocarbonyl (C=S) groups is 1. The first-order chi connectivity index (χ1) is 11.2. The van der Waals surface area contributed by atoms with Crippen LogP contribution in [-0.2, 0) is 4.79 Å². The van der Waals surface area contributed by atoms with Crippen molar-refractivity contribution >= 4 is 40.3 Å². The van der Waals surface area contributed by atoms with Crippen molar-refractivity contribution in [3.8, 4) is 5.75 Å². The van der Waals surface area contributed by atoms with Crippen LogP contribution in [0.2, 0.25) is 0 Å². The summed E-state index contributed by atoms with van der Waals surface area (Å²) in [7, 11) is 1.64. The van der Waals surface area contributed by atoms with Gasteiger partial charge < -0.3 is 4.74 Å². The molecule has 0 radical (unpaired) electrons. The van der Waals surface area contributed by atoms with E-state index in [0.29, 0.717) is 15.9 Å². The lowest BCUT2D eigenvalue weighted by Gasteiger charge is -2.29. The van der Waals surface area contributed by atoms with E-state index in [1.54, 1.807) is 12.0 Å². The zero-order valence-corrected chi connectivity index (χ0v) is 14.8. The highest BCUT2D eigenvalue weighted by molar-refractivity contribution is 8.26. The second-order valence-electron chi connectivity index (χ2n) is 5.70. The summed E-state index contributed by atoms with van der Waals surface area (Å²) in [6, 6.07) is 7.66. The zero-order valence-electron chi connectivity index (χ0n) is 13.2. The molecule has 0 saturated carbocycles. The van der Waals surface area contributed by atoms with Crippen LogP contribution in [0, 0.1) is 0 Å². The number of amides is 1. The van der Waals surface area contributed by atoms with Gasteiger partial charge >= 0.3 is 0 Å². The number of likely N-dealkylation sites (tertiary alicyclic amines) is 1. The van der Waals surface area contributed by atoms with Crippen LogP contribution in [0.5, 0.6) is 5.75 Å². The molecule has 0 aliphatic carbocycles. The van der Waals surface area contributed by atoms with Gasteiger partial charge in [0.15, 0.2) is 0 Å². The molecule has 2 aliphatic rings. The molecule has 0 aromatic heterocycles. The predicted octanol–water partition coefficient (Wildman–Crippen LogP) is 3.34. The van der Waals surface area contributed by atoms with Gasteiger partial charge in [-0.3, -0.25) is 14.6 Å². The van der Waals surface area contributed by atoms with Gasteiger partial charge in [-0.25, -0.2) is 0 Å². The third kappa shape index (κ3) is 3.94. The van der Waals surface area contributed by atoms with Gasteiger partial charge in [-0.05, 0) is 49.7 Å². The number of rotatable bonds is 4. The van der Waals surface area contributed by atoms with E-state index < -0.39 is 0 Å². The molecule has 4 nitrogen and oxygen atoms in total. The molecule has 0 N–H and O–H groups in total. The third-order valence-corrected chi connectivity index (χ3v) is 5.46. The summed E-state index contributed by atoms with van der Waals surface area (Å²) in [6.45, 7) is 2.72. The summed E-state index contributed by atoms with van der Waals surface area (Å²) in [5.41, 5.74) is 0.976. The SMILES string of the molecule is COc1ccc(C=C2SC(=S)N(CN3CCCCC3)C2=O)cc1. The van der Waals surface area contributed by atoms with Gasteiger partial charge in [0.25, 0.3) is 5.91 Å². The van der Waals surface area contributed by atoms with E-state index >= 15 is 0 Å². The first-order valence-electron chi connectivity index (χ1n) is 7.79. The van der Waals surface area contributed by atoms with Crippen molar-refractivity contribution in [1.82, 2.24) is 9.80 Å². The molecule has 2 heterocycles. The molecule has 0 unspecified atom stereocenters. The number of hydrogen-bond donors (Lipinski definition) is 0. The molecule has 0 atom stereocenters. The van der Waals surface area contributed by atoms with Gasteiger partial charge in [0.2, 0.25) is 0 Å². The molecule has 2 aliphatic heterocycles. The first-order valence-corrected chi connectivity index (χ1v) is 9.01. The van der Waals surface area contributed by atoms with Crippen LogP contribution in [0.4, 0.5) is 0 Å². The Balaban J connectivity index is 1.70. The maximum absolute atomic E-state index is 12.6. The van der Waals surface area contributed by atoms with E-state index in [-0.39, 0.29) is 5.91 Å². The van der Waals surface area contributed by atoms with Gasteiger partial charge in [0.1, 0.15) is 10.1 Å². The standard InChI is InChI=1S/C17H20N2O2S2/c1-21-14-7-5-13(6-8-14)11-15-16(20)19(17(22)23-15)12-18-9-3-2-4-10-18/h5-8,11H,2-4,9-10,12H2,1H3. The van der Waals surface area contributed by atoms with Crippen molar-refractivity contribution in [1.29, 1.82) is 0 Å². The highest BCUT2D eigenvalue weighted by Gasteiger charge is 2.33. The van der Waals surface area contributed by atoms with Gasteiger partial charge in [0.05, 0.1) is 18.7 Å². The predicted molar refractivity (Wildman–Crippen MR) is 98.3 cm³/mol. The first kappa shape index (κ1) is 16.5. The maximum atomic E-state index is 12.6. The average molecular weight is 348 g/mol. The zero-order chi connectivity index (χ0) is 16.2. The molecule has 1 aromatic rings. The third-order valence-electron chi connectivity index (χ3n) is 4.08. The number of ether oxygens (including phenoxy) is 1. The molecular weight excluding hydrogens is 328 g/mol. The lowest BCUT2D eigenvalue weighted by Crippen LogP contribution is -2.42. The van der Waals surface area contributed by atoms with Crippen molar-refractivity contribution in [2.75, 3.05) is 26.9 Å². The Morgan fingerprint density at radius 2 is 1.91 bits per heavy atom. The van der Waals surface area contributed by atoms with Crippen molar-refractivity contribution in [2.24, 2.45) is 0 Å². The number of carbonyl (C=O) groups excluding carboxylic acids is 1. The van der Waals surface area contributed by atoms with Crippen molar-refractivity contribution < 1.29 is 9.53 Å². The molecule has 1 aromatic carbocycles. The van der Waals surface area contributed by atoms with Crippen LogP contribution in [0.1, 0.15) is 24.8 Å². The Kier molecular flexibility index (Phi) is 5.35. The number of benzene rings is 1. The molecule has 6 heteroatoms. The fraction of sp³-hybridized carbons (Fsp3) is 0.412. The van der Waals surface area contributed by atoms with E-state index in [4.69, 9.17) is 17.0 Å². The number of thioether (sulfide) groups is 1. The van der Waals surface area contributed by atoms with Gasteiger partial charge in [0, 0.05) is 0 Å². The lowest BCUT2D eigenvalue weighted by atomic mass is 10.1. The Hall–Kier alpha value is -1.37. The molecule has 0 bridgehead atoms. The Morgan fingerprint density at radius 1 is 1.22 bits per heavy atom. The smallest absolute Gasteiger partial charge is 0.267 e. The number of carbonyl (C=O) groups is 1. The number of hydrogen-bond acceptors (Lipinski definition) is 5. The number of methoxy groups -OCH3 is 1. The van der Waals surface area contributed by atoms with Crippen LogP contribution >= 0.6 is 24.0 Å². The summed E-state index contributed by atoms with van der Waals surface area (Å²) >= 11 is 6.79. The van der Waals surface area contributed by atoms with E-state index in [9.17, 15) is 4.79 Å². The Bertz CT molecular complexity index is 622. The van der Waals surface area contributed by atoms with E-state index in [1.807, 2.05) is 30.3 Å². The van der Waals surface area contributed by atoms with Crippen LogP contribution in [0.3, 0.4) is 0 Å². The quantitative estimate of drug-likeness (QED) is 0.616. The molecule has 3 rings (SSSR count). The highest BCUT2D eigenvalue weighted by atomic mass is 32.2. The maximum Gasteiger partial charge on any atom is 0.267 e. The minimum Gasteiger partial charge on any atom is -0.497 e. The monoisotopic (exact) mass is 348 g/mol. The fourth-order valence-corrected chi connectivity index (χ4v) is 4.02. The molecule has 0 spiro atoms. The summed E-state index contributed by atoms with van der Waals surface area (Å²) in [4.78, 5) is 17.3. The summed E-state index contributed by atoms with van der Waals surface area (Å²) < 4.78 is 5.80. The van der Waals surface area contributed by atoms with E-state index in [2.05, 4.69) is 4.90 Å². The fourth-order valence-electron chi connectivity index (χ4n) is 2.77. The molecular formula is C17H20N2O2S2. The Labute approximate surface area is 146 Å². The van der Waals surface area contributed by atoms with Crippen LogP contribution in [0.25, 0.3) is 6.08 Å². The minimum absolute atomic E-state index is 0.0152. The van der Waals surface area contributed by atoms with Gasteiger partial charge in [-0.2, -0.15) is 0 Å². The summed E-state index contributed by atoms with van der Waals surface area (Å²) in [6.07, 6.45) is 5.59. The second kappa shape index (κ2) is 7.47. The van der Waals surface area contributed by atoms with Crippen LogP contribution in [-0.4, -0.2) is 46.9 Å². The second-order valence-corrected chi connectivity index (χ2v) is 7.38. The molecule has 2 fully saturated rings. The van der Waals surface area contributed by atoms with Crippen molar-refractivity contribution in [3.63, 3.8) is 0 Å². The van der Waals surface area contributed by atoms with Gasteiger partial charge in [-0.1, -0.05) is 42.5 Å². The minimum atomic E-state index is 0.0152. The lowest BCUT2D eigenvalue weighted by molar-refractivity contribution is -0.123. The molecule has 122 valence electrons. The highest BCUT2D eigenvalue weighted by Crippen LogP contribution is 2.33. The summed E-state index contributed by atoms with van der Waals surface area (Å²) in [5.74, 6) is 0.821. The largest absolute Gasteiger partial charge is 0.497 e. The number of nitrogens with zero attached hydrogens (tertiary/aromatic N) is 2. The van der Waals surface area contributed by atoms with E-state index in [1.165, 1.54) is 31.0 Å². The topological polar surface area (TPSA) is 32.8 Å². The molecule has 1 amide bonds. The van der Waals surface area contributed by atoms with Crippen LogP contribution in [0.15, 0.2) is 29.2 Å². The van der Waals surface area contributed by atoms with E-state index in [0.717, 1.165) is 24.4 Å². The Morgan fingerprint density at radius 3 is 2.57 bits per heavy atom. The molecule has 2 saturated heterocycles. The molecule has 23 heavy (non-hydrogen) atoms. The normalized spacial score (nSPS) is 21.3. The van der Waals surface area contributed by atoms with Crippen molar-refractivity contribution in [2.45, 2.75) is 19.3 Å².